The maximum atomic E-state index is 4.76. The van der Waals surface area contributed by atoms with Gasteiger partial charge in [0.2, 0.25) is 0 Å². The van der Waals surface area contributed by atoms with Crippen LogP contribution in [0.4, 0.5) is 5.82 Å². The van der Waals surface area contributed by atoms with Gasteiger partial charge in [0.25, 0.3) is 0 Å². The standard InChI is InChI=1S/C16H23BrN2/c1-12-9-13(10-17)11-18-16(12)19-8-4-6-14-5-2-3-7-15(14)19/h9,11,14-15H,2-8,10H2,1H3. The van der Waals surface area contributed by atoms with Crippen molar-refractivity contribution >= 4 is 21.7 Å². The number of aryl methyl sites for hydroxylation is 1. The third kappa shape index (κ3) is 2.67. The van der Waals surface area contributed by atoms with Crippen LogP contribution in [-0.2, 0) is 5.33 Å². The zero-order valence-electron chi connectivity index (χ0n) is 11.7. The summed E-state index contributed by atoms with van der Waals surface area (Å²) >= 11 is 3.51. The van der Waals surface area contributed by atoms with Gasteiger partial charge in [0.15, 0.2) is 0 Å². The SMILES string of the molecule is Cc1cc(CBr)cnc1N1CCCC2CCCCC21. The molecule has 0 radical (unpaired) electrons. The molecule has 1 saturated carbocycles. The molecular weight excluding hydrogens is 300 g/mol. The molecule has 0 spiro atoms. The van der Waals surface area contributed by atoms with Gasteiger partial charge in [0.1, 0.15) is 5.82 Å². The first kappa shape index (κ1) is 13.4. The summed E-state index contributed by atoms with van der Waals surface area (Å²) in [6.07, 6.45) is 10.4. The van der Waals surface area contributed by atoms with Crippen LogP contribution in [0.3, 0.4) is 0 Å². The van der Waals surface area contributed by atoms with E-state index in [9.17, 15) is 0 Å². The van der Waals surface area contributed by atoms with E-state index in [4.69, 9.17) is 4.98 Å². The lowest BCUT2D eigenvalue weighted by molar-refractivity contribution is 0.242. The van der Waals surface area contributed by atoms with Gasteiger partial charge in [0.05, 0.1) is 0 Å². The van der Waals surface area contributed by atoms with E-state index in [1.54, 1.807) is 0 Å². The Labute approximate surface area is 124 Å². The number of halogens is 1. The molecule has 2 fully saturated rings. The summed E-state index contributed by atoms with van der Waals surface area (Å²) in [4.78, 5) is 7.37. The number of anilines is 1. The van der Waals surface area contributed by atoms with Crippen molar-refractivity contribution in [2.24, 2.45) is 5.92 Å². The molecule has 0 N–H and O–H groups in total. The molecule has 2 atom stereocenters. The van der Waals surface area contributed by atoms with Crippen molar-refractivity contribution in [1.82, 2.24) is 4.98 Å². The highest BCUT2D eigenvalue weighted by atomic mass is 79.9. The Morgan fingerprint density at radius 2 is 2.05 bits per heavy atom. The topological polar surface area (TPSA) is 16.1 Å². The number of piperidine rings is 1. The van der Waals surface area contributed by atoms with Crippen molar-refractivity contribution in [1.29, 1.82) is 0 Å². The molecule has 2 heterocycles. The molecule has 3 rings (SSSR count). The van der Waals surface area contributed by atoms with Crippen LogP contribution in [0.5, 0.6) is 0 Å². The van der Waals surface area contributed by atoms with Gasteiger partial charge >= 0.3 is 0 Å². The summed E-state index contributed by atoms with van der Waals surface area (Å²) in [6.45, 7) is 3.41. The van der Waals surface area contributed by atoms with Gasteiger partial charge in [-0.05, 0) is 49.7 Å². The van der Waals surface area contributed by atoms with Gasteiger partial charge in [-0.25, -0.2) is 4.98 Å². The highest BCUT2D eigenvalue weighted by Gasteiger charge is 2.34. The van der Waals surface area contributed by atoms with Gasteiger partial charge in [-0.15, -0.1) is 0 Å². The quantitative estimate of drug-likeness (QED) is 0.748. The Kier molecular flexibility index (Phi) is 4.11. The van der Waals surface area contributed by atoms with Crippen molar-refractivity contribution in [3.05, 3.63) is 23.4 Å². The van der Waals surface area contributed by atoms with Crippen molar-refractivity contribution in [3.8, 4) is 0 Å². The first-order valence-electron chi connectivity index (χ1n) is 7.57. The van der Waals surface area contributed by atoms with E-state index in [0.717, 1.165) is 17.3 Å². The minimum Gasteiger partial charge on any atom is -0.353 e. The number of aromatic nitrogens is 1. The molecule has 2 aliphatic rings. The fraction of sp³-hybridized carbons (Fsp3) is 0.688. The lowest BCUT2D eigenvalue weighted by Gasteiger charge is -2.45. The second-order valence-corrected chi connectivity index (χ2v) is 6.63. The third-order valence-corrected chi connectivity index (χ3v) is 5.42. The van der Waals surface area contributed by atoms with Crippen LogP contribution < -0.4 is 4.90 Å². The van der Waals surface area contributed by atoms with Crippen molar-refractivity contribution in [2.75, 3.05) is 11.4 Å². The van der Waals surface area contributed by atoms with Crippen LogP contribution in [0.1, 0.15) is 49.7 Å². The Morgan fingerprint density at radius 1 is 1.26 bits per heavy atom. The van der Waals surface area contributed by atoms with Crippen LogP contribution in [-0.4, -0.2) is 17.6 Å². The second kappa shape index (κ2) is 5.82. The van der Waals surface area contributed by atoms with E-state index < -0.39 is 0 Å². The van der Waals surface area contributed by atoms with Crippen molar-refractivity contribution < 1.29 is 0 Å². The zero-order chi connectivity index (χ0) is 13.2. The molecule has 1 aliphatic carbocycles. The number of nitrogens with zero attached hydrogens (tertiary/aromatic N) is 2. The second-order valence-electron chi connectivity index (χ2n) is 6.07. The lowest BCUT2D eigenvalue weighted by atomic mass is 9.78. The van der Waals surface area contributed by atoms with Gasteiger partial charge in [-0.2, -0.15) is 0 Å². The van der Waals surface area contributed by atoms with Crippen LogP contribution in [0, 0.1) is 12.8 Å². The molecule has 2 nitrogen and oxygen atoms in total. The summed E-state index contributed by atoms with van der Waals surface area (Å²) in [6, 6.07) is 3.03. The largest absolute Gasteiger partial charge is 0.353 e. The first-order valence-corrected chi connectivity index (χ1v) is 8.70. The highest BCUT2D eigenvalue weighted by molar-refractivity contribution is 9.08. The van der Waals surface area contributed by atoms with Crippen LogP contribution >= 0.6 is 15.9 Å². The van der Waals surface area contributed by atoms with Crippen LogP contribution in [0.15, 0.2) is 12.3 Å². The van der Waals surface area contributed by atoms with Gasteiger partial charge in [-0.1, -0.05) is 34.8 Å². The molecule has 1 saturated heterocycles. The molecule has 3 heteroatoms. The molecule has 104 valence electrons. The summed E-state index contributed by atoms with van der Waals surface area (Å²) in [5.41, 5.74) is 2.61. The fourth-order valence-electron chi connectivity index (χ4n) is 3.89. The number of alkyl halides is 1. The molecule has 2 unspecified atom stereocenters. The number of fused-ring (bicyclic) bond motifs is 1. The van der Waals surface area contributed by atoms with Gasteiger partial charge < -0.3 is 4.90 Å². The Bertz CT molecular complexity index is 444. The molecule has 1 aromatic heterocycles. The van der Waals surface area contributed by atoms with Gasteiger partial charge in [-0.3, -0.25) is 0 Å². The molecule has 1 aliphatic heterocycles. The van der Waals surface area contributed by atoms with Crippen molar-refractivity contribution in [2.45, 2.75) is 56.8 Å². The Morgan fingerprint density at radius 3 is 2.84 bits per heavy atom. The van der Waals surface area contributed by atoms with E-state index in [1.807, 2.05) is 6.20 Å². The maximum Gasteiger partial charge on any atom is 0.131 e. The Hall–Kier alpha value is -0.570. The predicted octanol–water partition coefficient (Wildman–Crippen LogP) is 4.44. The minimum atomic E-state index is 0.753. The predicted molar refractivity (Wildman–Crippen MR) is 83.9 cm³/mol. The Balaban J connectivity index is 1.87. The molecule has 0 aromatic carbocycles. The smallest absolute Gasteiger partial charge is 0.131 e. The summed E-state index contributed by atoms with van der Waals surface area (Å²) < 4.78 is 0. The first-order chi connectivity index (χ1) is 9.29. The normalized spacial score (nSPS) is 27.2. The number of hydrogen-bond donors (Lipinski definition) is 0. The molecule has 19 heavy (non-hydrogen) atoms. The highest BCUT2D eigenvalue weighted by Crippen LogP contribution is 2.38. The monoisotopic (exact) mass is 322 g/mol. The average molecular weight is 323 g/mol. The third-order valence-electron chi connectivity index (χ3n) is 4.78. The number of rotatable bonds is 2. The van der Waals surface area contributed by atoms with Gasteiger partial charge in [0, 0.05) is 24.1 Å². The summed E-state index contributed by atoms with van der Waals surface area (Å²) in [7, 11) is 0. The van der Waals surface area contributed by atoms with E-state index in [2.05, 4.69) is 33.8 Å². The lowest BCUT2D eigenvalue weighted by Crippen LogP contribution is -2.47. The molecule has 1 aromatic rings. The number of hydrogen-bond acceptors (Lipinski definition) is 2. The molecule has 0 amide bonds. The zero-order valence-corrected chi connectivity index (χ0v) is 13.3. The van der Waals surface area contributed by atoms with E-state index in [-0.39, 0.29) is 0 Å². The van der Waals surface area contributed by atoms with Crippen LogP contribution in [0.2, 0.25) is 0 Å². The molecule has 0 bridgehead atoms. The van der Waals surface area contributed by atoms with Crippen LogP contribution in [0.25, 0.3) is 0 Å². The average Bonchev–Trinajstić information content (AvgIpc) is 2.46. The maximum absolute atomic E-state index is 4.76. The summed E-state index contributed by atoms with van der Waals surface area (Å²) in [5, 5.41) is 0.896. The van der Waals surface area contributed by atoms with E-state index in [1.165, 1.54) is 62.0 Å². The van der Waals surface area contributed by atoms with Crippen molar-refractivity contribution in [3.63, 3.8) is 0 Å². The van der Waals surface area contributed by atoms with E-state index >= 15 is 0 Å². The minimum absolute atomic E-state index is 0.753. The molecular formula is C16H23BrN2. The fourth-order valence-corrected chi connectivity index (χ4v) is 4.19. The summed E-state index contributed by atoms with van der Waals surface area (Å²) in [5.74, 6) is 2.15. The van der Waals surface area contributed by atoms with E-state index in [0.29, 0.717) is 0 Å². The number of pyridine rings is 1.